The Labute approximate surface area is 119 Å². The van der Waals surface area contributed by atoms with Crippen LogP contribution in [0.2, 0.25) is 0 Å². The molecule has 2 bridgehead atoms. The molecule has 0 aromatic carbocycles. The van der Waals surface area contributed by atoms with Gasteiger partial charge in [-0.05, 0) is 49.5 Å². The maximum atomic E-state index is 12.4. The normalized spacial score (nSPS) is 31.9. The molecule has 0 aliphatic heterocycles. The van der Waals surface area contributed by atoms with Crippen molar-refractivity contribution in [2.24, 2.45) is 23.2 Å². The van der Waals surface area contributed by atoms with Gasteiger partial charge in [-0.2, -0.15) is 5.10 Å². The number of allylic oxidation sites excluding steroid dienone is 2. The fraction of sp³-hybridized carbons (Fsp3) is 0.625. The third-order valence-electron chi connectivity index (χ3n) is 5.61. The summed E-state index contributed by atoms with van der Waals surface area (Å²) in [5, 5.41) is 7.34. The highest BCUT2D eigenvalue weighted by molar-refractivity contribution is 5.80. The van der Waals surface area contributed by atoms with Gasteiger partial charge in [-0.1, -0.05) is 12.2 Å². The van der Waals surface area contributed by atoms with Crippen LogP contribution in [0.5, 0.6) is 0 Å². The van der Waals surface area contributed by atoms with E-state index in [2.05, 4.69) is 22.6 Å². The molecular weight excluding hydrogens is 250 g/mol. The van der Waals surface area contributed by atoms with Gasteiger partial charge in [0.25, 0.3) is 0 Å². The van der Waals surface area contributed by atoms with Gasteiger partial charge < -0.3 is 5.32 Å². The first-order valence-electron chi connectivity index (χ1n) is 7.65. The smallest absolute Gasteiger partial charge is 0.223 e. The maximum absolute atomic E-state index is 12.4. The predicted molar refractivity (Wildman–Crippen MR) is 75.9 cm³/mol. The fourth-order valence-corrected chi connectivity index (χ4v) is 4.32. The van der Waals surface area contributed by atoms with E-state index in [1.54, 1.807) is 6.20 Å². The van der Waals surface area contributed by atoms with Gasteiger partial charge in [0.2, 0.25) is 5.91 Å². The van der Waals surface area contributed by atoms with E-state index in [4.69, 9.17) is 0 Å². The molecule has 1 heterocycles. The van der Waals surface area contributed by atoms with Crippen LogP contribution in [-0.4, -0.2) is 22.2 Å². The van der Waals surface area contributed by atoms with Crippen molar-refractivity contribution in [3.63, 3.8) is 0 Å². The number of carbonyl (C=O) groups is 1. The lowest BCUT2D eigenvalue weighted by Gasteiger charge is -2.19. The zero-order valence-electron chi connectivity index (χ0n) is 11.9. The minimum Gasteiger partial charge on any atom is -0.354 e. The van der Waals surface area contributed by atoms with Crippen molar-refractivity contribution in [2.75, 3.05) is 6.54 Å². The highest BCUT2D eigenvalue weighted by Crippen LogP contribution is 2.70. The van der Waals surface area contributed by atoms with Crippen molar-refractivity contribution in [2.45, 2.75) is 32.7 Å². The standard InChI is InChI=1S/C16H21N3O/c1-11-4-7-18-19(11)9-8-17-15(20)13-10-12-2-3-14(13)16(12)5-6-16/h2-4,7,12-14H,5-6,8-10H2,1H3,(H,17,20)/t12-,13-,14-/m1/s1. The number of hydrogen-bond acceptors (Lipinski definition) is 2. The van der Waals surface area contributed by atoms with E-state index < -0.39 is 0 Å². The fourth-order valence-electron chi connectivity index (χ4n) is 4.32. The second-order valence-corrected chi connectivity index (χ2v) is 6.58. The number of amides is 1. The number of nitrogens with one attached hydrogen (secondary N) is 1. The first-order valence-corrected chi connectivity index (χ1v) is 7.65. The first-order chi connectivity index (χ1) is 9.71. The molecule has 0 radical (unpaired) electrons. The number of carbonyl (C=O) groups excluding carboxylic acids is 1. The van der Waals surface area contributed by atoms with Crippen molar-refractivity contribution in [3.8, 4) is 0 Å². The van der Waals surface area contributed by atoms with Crippen LogP contribution < -0.4 is 5.32 Å². The highest BCUT2D eigenvalue weighted by Gasteiger charge is 2.63. The lowest BCUT2D eigenvalue weighted by atomic mass is 9.88. The van der Waals surface area contributed by atoms with E-state index in [1.807, 2.05) is 17.7 Å². The summed E-state index contributed by atoms with van der Waals surface area (Å²) in [6, 6.07) is 1.99. The lowest BCUT2D eigenvalue weighted by Crippen LogP contribution is -2.35. The summed E-state index contributed by atoms with van der Waals surface area (Å²) in [7, 11) is 0. The maximum Gasteiger partial charge on any atom is 0.223 e. The zero-order valence-corrected chi connectivity index (χ0v) is 11.9. The molecule has 1 amide bonds. The Morgan fingerprint density at radius 3 is 3.00 bits per heavy atom. The topological polar surface area (TPSA) is 46.9 Å². The summed E-state index contributed by atoms with van der Waals surface area (Å²) in [5.41, 5.74) is 1.64. The molecule has 4 heteroatoms. The molecule has 4 nitrogen and oxygen atoms in total. The average molecular weight is 271 g/mol. The Kier molecular flexibility index (Phi) is 2.56. The third-order valence-corrected chi connectivity index (χ3v) is 5.61. The monoisotopic (exact) mass is 271 g/mol. The lowest BCUT2D eigenvalue weighted by molar-refractivity contribution is -0.125. The first kappa shape index (κ1) is 12.2. The van der Waals surface area contributed by atoms with Gasteiger partial charge in [0.15, 0.2) is 0 Å². The molecule has 2 saturated carbocycles. The number of nitrogens with zero attached hydrogens (tertiary/aromatic N) is 2. The van der Waals surface area contributed by atoms with Crippen molar-refractivity contribution in [3.05, 3.63) is 30.1 Å². The quantitative estimate of drug-likeness (QED) is 0.850. The van der Waals surface area contributed by atoms with Crippen molar-refractivity contribution < 1.29 is 4.79 Å². The molecule has 0 unspecified atom stereocenters. The molecule has 106 valence electrons. The van der Waals surface area contributed by atoms with E-state index >= 15 is 0 Å². The van der Waals surface area contributed by atoms with Crippen LogP contribution in [0.1, 0.15) is 25.0 Å². The summed E-state index contributed by atoms with van der Waals surface area (Å²) < 4.78 is 1.93. The Balaban J connectivity index is 1.33. The number of aryl methyl sites for hydroxylation is 1. The van der Waals surface area contributed by atoms with Crippen LogP contribution >= 0.6 is 0 Å². The number of rotatable bonds is 4. The molecule has 1 aromatic rings. The van der Waals surface area contributed by atoms with Gasteiger partial charge in [-0.25, -0.2) is 0 Å². The molecule has 3 atom stereocenters. The van der Waals surface area contributed by atoms with E-state index in [1.165, 1.54) is 12.8 Å². The Hall–Kier alpha value is -1.58. The van der Waals surface area contributed by atoms with Gasteiger partial charge in [-0.3, -0.25) is 9.48 Å². The average Bonchev–Trinajstić information content (AvgIpc) is 2.94. The van der Waals surface area contributed by atoms with Crippen LogP contribution in [0, 0.1) is 30.1 Å². The van der Waals surface area contributed by atoms with Gasteiger partial charge in [0.05, 0.1) is 6.54 Å². The molecular formula is C16H21N3O. The minimum absolute atomic E-state index is 0.214. The molecule has 20 heavy (non-hydrogen) atoms. The van der Waals surface area contributed by atoms with Crippen molar-refractivity contribution >= 4 is 5.91 Å². The van der Waals surface area contributed by atoms with Gasteiger partial charge in [-0.15, -0.1) is 0 Å². The van der Waals surface area contributed by atoms with E-state index in [0.29, 0.717) is 23.8 Å². The van der Waals surface area contributed by atoms with Crippen LogP contribution in [-0.2, 0) is 11.3 Å². The highest BCUT2D eigenvalue weighted by atomic mass is 16.1. The van der Waals surface area contributed by atoms with Crippen molar-refractivity contribution in [1.82, 2.24) is 15.1 Å². The summed E-state index contributed by atoms with van der Waals surface area (Å²) >= 11 is 0. The number of hydrogen-bond donors (Lipinski definition) is 1. The molecule has 3 aliphatic rings. The molecule has 4 rings (SSSR count). The van der Waals surface area contributed by atoms with Crippen LogP contribution in [0.15, 0.2) is 24.4 Å². The largest absolute Gasteiger partial charge is 0.354 e. The summed E-state index contributed by atoms with van der Waals surface area (Å²) in [4.78, 5) is 12.4. The Morgan fingerprint density at radius 2 is 2.35 bits per heavy atom. The predicted octanol–water partition coefficient (Wildman–Crippen LogP) is 1.91. The molecule has 3 aliphatic carbocycles. The molecule has 1 aromatic heterocycles. The van der Waals surface area contributed by atoms with Crippen LogP contribution in [0.3, 0.4) is 0 Å². The molecule has 2 fully saturated rings. The Morgan fingerprint density at radius 1 is 1.50 bits per heavy atom. The summed E-state index contributed by atoms with van der Waals surface area (Å²) in [6.45, 7) is 3.46. The molecule has 0 saturated heterocycles. The van der Waals surface area contributed by atoms with E-state index in [-0.39, 0.29) is 11.8 Å². The van der Waals surface area contributed by atoms with E-state index in [9.17, 15) is 4.79 Å². The van der Waals surface area contributed by atoms with Gasteiger partial charge in [0.1, 0.15) is 0 Å². The molecule has 1 spiro atoms. The molecule has 1 N–H and O–H groups in total. The van der Waals surface area contributed by atoms with Gasteiger partial charge >= 0.3 is 0 Å². The van der Waals surface area contributed by atoms with Crippen LogP contribution in [0.4, 0.5) is 0 Å². The number of aromatic nitrogens is 2. The second-order valence-electron chi connectivity index (χ2n) is 6.58. The second kappa shape index (κ2) is 4.21. The van der Waals surface area contributed by atoms with E-state index in [0.717, 1.165) is 18.7 Å². The Bertz CT molecular complexity index is 570. The summed E-state index contributed by atoms with van der Waals surface area (Å²) in [6.07, 6.45) is 10.2. The SMILES string of the molecule is Cc1ccnn1CCNC(=O)[C@@H]1C[C@H]2C=C[C@H]1C21CC1. The van der Waals surface area contributed by atoms with Crippen molar-refractivity contribution in [1.29, 1.82) is 0 Å². The van der Waals surface area contributed by atoms with Gasteiger partial charge in [0, 0.05) is 24.4 Å². The van der Waals surface area contributed by atoms with Crippen LogP contribution in [0.25, 0.3) is 0 Å². The minimum atomic E-state index is 0.214. The zero-order chi connectivity index (χ0) is 13.7. The third kappa shape index (κ3) is 1.67. The summed E-state index contributed by atoms with van der Waals surface area (Å²) in [5.74, 6) is 1.65.